The molecule has 2 aromatic heterocycles. The lowest BCUT2D eigenvalue weighted by molar-refractivity contribution is 0.706. The van der Waals surface area contributed by atoms with Crippen molar-refractivity contribution in [1.82, 2.24) is 14.5 Å². The number of hydrogen-bond donors (Lipinski definition) is 0. The van der Waals surface area contributed by atoms with Gasteiger partial charge in [0.15, 0.2) is 5.82 Å². The number of rotatable bonds is 5. The van der Waals surface area contributed by atoms with Crippen LogP contribution < -0.4 is 10.5 Å². The zero-order valence-corrected chi connectivity index (χ0v) is 11.3. The molecule has 0 fully saturated rings. The van der Waals surface area contributed by atoms with Crippen molar-refractivity contribution >= 4 is 5.82 Å². The van der Waals surface area contributed by atoms with Gasteiger partial charge in [-0.05, 0) is 19.1 Å². The van der Waals surface area contributed by atoms with Gasteiger partial charge in [-0.1, -0.05) is 6.07 Å². The second-order valence-corrected chi connectivity index (χ2v) is 4.33. The van der Waals surface area contributed by atoms with E-state index in [9.17, 15) is 4.79 Å². The highest BCUT2D eigenvalue weighted by molar-refractivity contribution is 5.34. The molecule has 2 rings (SSSR count). The quantitative estimate of drug-likeness (QED) is 0.812. The van der Waals surface area contributed by atoms with Gasteiger partial charge in [-0.3, -0.25) is 9.78 Å². The number of likely N-dealkylation sites (N-methyl/N-ethyl adjacent to an activating group) is 1. The fourth-order valence-electron chi connectivity index (χ4n) is 1.88. The second kappa shape index (κ2) is 6.13. The molecule has 0 aliphatic heterocycles. The molecule has 0 spiro atoms. The molecule has 0 aromatic carbocycles. The van der Waals surface area contributed by atoms with Gasteiger partial charge in [0.1, 0.15) is 0 Å². The Bertz CT molecular complexity index is 579. The maximum absolute atomic E-state index is 12.1. The largest absolute Gasteiger partial charge is 0.355 e. The van der Waals surface area contributed by atoms with Gasteiger partial charge in [-0.25, -0.2) is 4.98 Å². The minimum atomic E-state index is -0.0477. The first-order valence-electron chi connectivity index (χ1n) is 6.39. The number of nitrogens with zero attached hydrogens (tertiary/aromatic N) is 4. The third-order valence-corrected chi connectivity index (χ3v) is 3.03. The summed E-state index contributed by atoms with van der Waals surface area (Å²) in [4.78, 5) is 22.4. The van der Waals surface area contributed by atoms with Crippen molar-refractivity contribution in [3.63, 3.8) is 0 Å². The maximum Gasteiger partial charge on any atom is 0.293 e. The number of anilines is 1. The Morgan fingerprint density at radius 2 is 2.11 bits per heavy atom. The molecule has 0 aliphatic carbocycles. The molecule has 2 aromatic rings. The van der Waals surface area contributed by atoms with E-state index in [1.54, 1.807) is 23.2 Å². The number of hydrogen-bond acceptors (Lipinski definition) is 4. The van der Waals surface area contributed by atoms with Gasteiger partial charge in [0.05, 0.1) is 0 Å². The van der Waals surface area contributed by atoms with Crippen LogP contribution in [0.15, 0.2) is 41.6 Å². The molecular formula is C14H18N4O. The van der Waals surface area contributed by atoms with Crippen LogP contribution >= 0.6 is 0 Å². The molecule has 0 saturated heterocycles. The maximum atomic E-state index is 12.1. The fourth-order valence-corrected chi connectivity index (χ4v) is 1.88. The third kappa shape index (κ3) is 3.19. The van der Waals surface area contributed by atoms with E-state index in [0.29, 0.717) is 18.9 Å². The van der Waals surface area contributed by atoms with E-state index in [1.165, 1.54) is 0 Å². The monoisotopic (exact) mass is 258 g/mol. The Hall–Kier alpha value is -2.17. The normalized spacial score (nSPS) is 10.4. The van der Waals surface area contributed by atoms with Gasteiger partial charge in [0, 0.05) is 50.8 Å². The summed E-state index contributed by atoms with van der Waals surface area (Å²) in [5.41, 5.74) is 0.967. The van der Waals surface area contributed by atoms with Crippen molar-refractivity contribution < 1.29 is 0 Å². The Morgan fingerprint density at radius 3 is 2.79 bits per heavy atom. The molecule has 5 nitrogen and oxygen atoms in total. The minimum absolute atomic E-state index is 0.0477. The predicted octanol–water partition coefficient (Wildman–Crippen LogP) is 1.34. The third-order valence-electron chi connectivity index (χ3n) is 3.03. The van der Waals surface area contributed by atoms with Crippen molar-refractivity contribution in [2.75, 3.05) is 18.5 Å². The molecule has 100 valence electrons. The van der Waals surface area contributed by atoms with Crippen molar-refractivity contribution in [2.45, 2.75) is 19.9 Å². The lowest BCUT2D eigenvalue weighted by Crippen LogP contribution is -2.31. The molecule has 0 N–H and O–H groups in total. The van der Waals surface area contributed by atoms with Crippen LogP contribution in [0.25, 0.3) is 0 Å². The highest BCUT2D eigenvalue weighted by Crippen LogP contribution is 2.03. The van der Waals surface area contributed by atoms with Crippen molar-refractivity contribution in [2.24, 2.45) is 0 Å². The van der Waals surface area contributed by atoms with Crippen molar-refractivity contribution in [1.29, 1.82) is 0 Å². The lowest BCUT2D eigenvalue weighted by Gasteiger charge is -2.17. The highest BCUT2D eigenvalue weighted by atomic mass is 16.1. The average molecular weight is 258 g/mol. The van der Waals surface area contributed by atoms with Gasteiger partial charge in [-0.15, -0.1) is 0 Å². The van der Waals surface area contributed by atoms with Crippen LogP contribution in [0.2, 0.25) is 0 Å². The van der Waals surface area contributed by atoms with Crippen LogP contribution in [0.1, 0.15) is 12.6 Å². The van der Waals surface area contributed by atoms with Crippen LogP contribution in [0.5, 0.6) is 0 Å². The highest BCUT2D eigenvalue weighted by Gasteiger charge is 2.09. The van der Waals surface area contributed by atoms with Gasteiger partial charge in [0.2, 0.25) is 0 Å². The Kier molecular flexibility index (Phi) is 4.28. The first kappa shape index (κ1) is 13.3. The standard InChI is InChI=1S/C14H18N4O/c1-3-18-11-9-16-13(14(18)19)17(2)10-7-12-6-4-5-8-15-12/h4-6,8-9,11H,3,7,10H2,1-2H3. The van der Waals surface area contributed by atoms with Crippen molar-refractivity contribution in [3.05, 3.63) is 52.8 Å². The van der Waals surface area contributed by atoms with Crippen LogP contribution in [0, 0.1) is 0 Å². The first-order valence-corrected chi connectivity index (χ1v) is 6.39. The molecular weight excluding hydrogens is 240 g/mol. The van der Waals surface area contributed by atoms with E-state index >= 15 is 0 Å². The fraction of sp³-hybridized carbons (Fsp3) is 0.357. The van der Waals surface area contributed by atoms with Crippen LogP contribution in [-0.2, 0) is 13.0 Å². The van der Waals surface area contributed by atoms with E-state index in [-0.39, 0.29) is 5.56 Å². The zero-order valence-electron chi connectivity index (χ0n) is 11.3. The smallest absolute Gasteiger partial charge is 0.293 e. The van der Waals surface area contributed by atoms with Gasteiger partial charge in [-0.2, -0.15) is 0 Å². The lowest BCUT2D eigenvalue weighted by atomic mass is 10.2. The summed E-state index contributed by atoms with van der Waals surface area (Å²) in [5.74, 6) is 0.486. The Morgan fingerprint density at radius 1 is 1.26 bits per heavy atom. The van der Waals surface area contributed by atoms with Gasteiger partial charge < -0.3 is 9.47 Å². The second-order valence-electron chi connectivity index (χ2n) is 4.33. The summed E-state index contributed by atoms with van der Waals surface area (Å²) in [5, 5.41) is 0. The number of aryl methyl sites for hydroxylation is 1. The summed E-state index contributed by atoms with van der Waals surface area (Å²) >= 11 is 0. The summed E-state index contributed by atoms with van der Waals surface area (Å²) in [6.45, 7) is 3.31. The van der Waals surface area contributed by atoms with Crippen LogP contribution in [0.4, 0.5) is 5.82 Å². The summed E-state index contributed by atoms with van der Waals surface area (Å²) in [6.07, 6.45) is 5.94. The Labute approximate surface area is 112 Å². The molecule has 0 radical (unpaired) electrons. The summed E-state index contributed by atoms with van der Waals surface area (Å²) in [6, 6.07) is 5.84. The van der Waals surface area contributed by atoms with E-state index < -0.39 is 0 Å². The van der Waals surface area contributed by atoms with Crippen LogP contribution in [0.3, 0.4) is 0 Å². The van der Waals surface area contributed by atoms with Crippen LogP contribution in [-0.4, -0.2) is 28.1 Å². The summed E-state index contributed by atoms with van der Waals surface area (Å²) < 4.78 is 1.65. The molecule has 0 unspecified atom stereocenters. The first-order chi connectivity index (χ1) is 9.22. The molecule has 0 atom stereocenters. The number of aromatic nitrogens is 3. The van der Waals surface area contributed by atoms with E-state index in [0.717, 1.165) is 12.1 Å². The molecule has 0 amide bonds. The topological polar surface area (TPSA) is 51.0 Å². The molecule has 2 heterocycles. The molecule has 19 heavy (non-hydrogen) atoms. The minimum Gasteiger partial charge on any atom is -0.355 e. The average Bonchev–Trinajstić information content (AvgIpc) is 2.46. The molecule has 0 bridgehead atoms. The van der Waals surface area contributed by atoms with Crippen molar-refractivity contribution in [3.8, 4) is 0 Å². The van der Waals surface area contributed by atoms with Gasteiger partial charge in [0.25, 0.3) is 5.56 Å². The van der Waals surface area contributed by atoms with Gasteiger partial charge >= 0.3 is 0 Å². The number of pyridine rings is 1. The Balaban J connectivity index is 2.08. The van der Waals surface area contributed by atoms with E-state index in [4.69, 9.17) is 0 Å². The SMILES string of the molecule is CCn1ccnc(N(C)CCc2ccccn2)c1=O. The van der Waals surface area contributed by atoms with E-state index in [2.05, 4.69) is 9.97 Å². The molecule has 5 heteroatoms. The predicted molar refractivity (Wildman–Crippen MR) is 75.4 cm³/mol. The summed E-state index contributed by atoms with van der Waals surface area (Å²) in [7, 11) is 1.88. The molecule has 0 aliphatic rings. The zero-order chi connectivity index (χ0) is 13.7. The van der Waals surface area contributed by atoms with E-state index in [1.807, 2.05) is 37.1 Å². The molecule has 0 saturated carbocycles.